The van der Waals surface area contributed by atoms with E-state index in [0.717, 1.165) is 13.3 Å². The van der Waals surface area contributed by atoms with Gasteiger partial charge in [0.1, 0.15) is 0 Å². The number of aliphatic carboxylic acids is 1. The van der Waals surface area contributed by atoms with Gasteiger partial charge in [-0.3, -0.25) is 4.79 Å². The molecule has 0 saturated heterocycles. The summed E-state index contributed by atoms with van der Waals surface area (Å²) in [5.41, 5.74) is 7.00. The normalized spacial score (nSPS) is 9.06. The first kappa shape index (κ1) is 23.5. The van der Waals surface area contributed by atoms with Crippen LogP contribution in [0.25, 0.3) is 5.73 Å². The van der Waals surface area contributed by atoms with Crippen LogP contribution in [0.4, 0.5) is 0 Å². The smallest absolute Gasteiger partial charge is 0.677 e. The molecule has 0 aromatic rings. The Morgan fingerprint density at radius 1 is 0.889 bits per heavy atom. The fraction of sp³-hybridized carbons (Fsp3) is 0.929. The molecule has 0 atom stereocenters. The zero-order valence-electron chi connectivity index (χ0n) is 12.6. The minimum Gasteiger partial charge on any atom is -0.677 e. The van der Waals surface area contributed by atoms with E-state index >= 15 is 0 Å². The van der Waals surface area contributed by atoms with Crippen LogP contribution in [0.2, 0.25) is 0 Å². The van der Waals surface area contributed by atoms with Gasteiger partial charge < -0.3 is 10.8 Å². The first-order chi connectivity index (χ1) is 8.15. The van der Waals surface area contributed by atoms with E-state index in [-0.39, 0.29) is 29.6 Å². The minimum absolute atomic E-state index is 0. The fourth-order valence-electron chi connectivity index (χ4n) is 1.61. The Bertz CT molecular complexity index is 141. The number of nitrogens with one attached hydrogen (secondary N) is 1. The van der Waals surface area contributed by atoms with Crippen LogP contribution in [0.1, 0.15) is 78.1 Å². The minimum atomic E-state index is -0.833. The van der Waals surface area contributed by atoms with Crippen LogP contribution in [-0.4, -0.2) is 17.6 Å². The molecule has 0 heterocycles. The van der Waals surface area contributed by atoms with E-state index in [1.54, 1.807) is 0 Å². The molecule has 0 saturated carbocycles. The van der Waals surface area contributed by atoms with Crippen molar-refractivity contribution in [2.24, 2.45) is 0 Å². The molecule has 104 valence electrons. The van der Waals surface area contributed by atoms with E-state index in [4.69, 9.17) is 15.6 Å². The van der Waals surface area contributed by atoms with Crippen LogP contribution in [0.15, 0.2) is 0 Å². The monoisotopic (exact) mass is 267 g/mol. The van der Waals surface area contributed by atoms with Crippen molar-refractivity contribution in [2.45, 2.75) is 78.1 Å². The predicted octanol–water partition coefficient (Wildman–Crippen LogP) is 2.05. The summed E-state index contributed by atoms with van der Waals surface area (Å²) in [5.74, 6) is -0.833. The molecule has 0 spiro atoms. The number of rotatable bonds is 10. The Labute approximate surface area is 135 Å². The second-order valence-corrected chi connectivity index (χ2v) is 4.45. The maximum Gasteiger partial charge on any atom is 1.00 e. The Morgan fingerprint density at radius 2 is 1.17 bits per heavy atom. The number of unbranched alkanes of at least 4 members (excludes halogenated alkanes) is 9. The summed E-state index contributed by atoms with van der Waals surface area (Å²) in [6.07, 6.45) is 13.6. The summed E-state index contributed by atoms with van der Waals surface area (Å²) in [6, 6.07) is 0. The van der Waals surface area contributed by atoms with Crippen molar-refractivity contribution in [2.75, 3.05) is 6.54 Å². The summed E-state index contributed by atoms with van der Waals surface area (Å²) in [7, 11) is 0. The van der Waals surface area contributed by atoms with Gasteiger partial charge in [0.15, 0.2) is 0 Å². The van der Waals surface area contributed by atoms with Gasteiger partial charge in [0, 0.05) is 6.92 Å². The topological polar surface area (TPSA) is 61.1 Å². The summed E-state index contributed by atoms with van der Waals surface area (Å²) in [5, 5.41) is 7.42. The maximum absolute atomic E-state index is 9.00. The summed E-state index contributed by atoms with van der Waals surface area (Å²) >= 11 is 0. The van der Waals surface area contributed by atoms with Crippen LogP contribution >= 0.6 is 0 Å². The van der Waals surface area contributed by atoms with Gasteiger partial charge in [-0.1, -0.05) is 71.1 Å². The molecule has 0 rings (SSSR count). The zero-order chi connectivity index (χ0) is 13.4. The van der Waals surface area contributed by atoms with Gasteiger partial charge in [0.2, 0.25) is 0 Å². The second-order valence-electron chi connectivity index (χ2n) is 4.45. The molecule has 0 fully saturated rings. The van der Waals surface area contributed by atoms with E-state index < -0.39 is 5.97 Å². The third-order valence-corrected chi connectivity index (χ3v) is 2.53. The molecule has 0 radical (unpaired) electrons. The maximum atomic E-state index is 9.00. The molecular formula is C14H30NNaO2. The van der Waals surface area contributed by atoms with Crippen molar-refractivity contribution in [1.29, 1.82) is 0 Å². The SMILES string of the molecule is CC(=O)O.CCCCCCCCCCCC[NH-].[Na+]. The van der Waals surface area contributed by atoms with Gasteiger partial charge in [0.05, 0.1) is 0 Å². The molecule has 0 bridgehead atoms. The van der Waals surface area contributed by atoms with Crippen molar-refractivity contribution < 1.29 is 39.5 Å². The molecular weight excluding hydrogens is 237 g/mol. The summed E-state index contributed by atoms with van der Waals surface area (Å²) in [6.45, 7) is 3.97. The van der Waals surface area contributed by atoms with Gasteiger partial charge >= 0.3 is 29.6 Å². The first-order valence-corrected chi connectivity index (χ1v) is 6.99. The quantitative estimate of drug-likeness (QED) is 0.486. The molecule has 18 heavy (non-hydrogen) atoms. The molecule has 3 nitrogen and oxygen atoms in total. The van der Waals surface area contributed by atoms with E-state index in [9.17, 15) is 0 Å². The molecule has 0 unspecified atom stereocenters. The van der Waals surface area contributed by atoms with Crippen LogP contribution < -0.4 is 29.6 Å². The molecule has 0 aromatic carbocycles. The largest absolute Gasteiger partial charge is 1.00 e. The number of carboxylic acid groups (broad SMARTS) is 1. The predicted molar refractivity (Wildman–Crippen MR) is 74.3 cm³/mol. The third-order valence-electron chi connectivity index (χ3n) is 2.53. The number of hydrogen-bond acceptors (Lipinski definition) is 1. The van der Waals surface area contributed by atoms with Gasteiger partial charge in [-0.15, -0.1) is 0 Å². The van der Waals surface area contributed by atoms with Gasteiger partial charge in [-0.25, -0.2) is 0 Å². The van der Waals surface area contributed by atoms with Gasteiger partial charge in [-0.2, -0.15) is 6.54 Å². The zero-order valence-corrected chi connectivity index (χ0v) is 14.6. The molecule has 0 aliphatic heterocycles. The Morgan fingerprint density at radius 3 is 1.44 bits per heavy atom. The Hall–Kier alpha value is 0.430. The van der Waals surface area contributed by atoms with Gasteiger partial charge in [-0.05, 0) is 0 Å². The van der Waals surface area contributed by atoms with E-state index in [1.165, 1.54) is 57.8 Å². The van der Waals surface area contributed by atoms with Crippen LogP contribution in [0.3, 0.4) is 0 Å². The number of carbonyl (C=O) groups is 1. The van der Waals surface area contributed by atoms with E-state index in [1.807, 2.05) is 0 Å². The number of carboxylic acids is 1. The van der Waals surface area contributed by atoms with Crippen LogP contribution in [0, 0.1) is 0 Å². The van der Waals surface area contributed by atoms with Gasteiger partial charge in [0.25, 0.3) is 5.97 Å². The van der Waals surface area contributed by atoms with Crippen LogP contribution in [-0.2, 0) is 4.79 Å². The molecule has 0 aromatic heterocycles. The van der Waals surface area contributed by atoms with Crippen molar-refractivity contribution in [3.05, 3.63) is 5.73 Å². The Kier molecular flexibility index (Phi) is 29.5. The molecule has 4 heteroatoms. The van der Waals surface area contributed by atoms with Crippen molar-refractivity contribution in [3.63, 3.8) is 0 Å². The fourth-order valence-corrected chi connectivity index (χ4v) is 1.61. The van der Waals surface area contributed by atoms with E-state index in [0.29, 0.717) is 6.54 Å². The average Bonchev–Trinajstić information content (AvgIpc) is 2.26. The standard InChI is InChI=1S/C12H26N.C2H4O2.Na/c1-2-3-4-5-6-7-8-9-10-11-12-13;1-2(3)4;/h13H,2-12H2,1H3;1H3,(H,3,4);/q-1;;+1. The molecule has 0 amide bonds. The number of hydrogen-bond donors (Lipinski definition) is 1. The molecule has 2 N–H and O–H groups in total. The van der Waals surface area contributed by atoms with Crippen LogP contribution in [0.5, 0.6) is 0 Å². The molecule has 0 aliphatic carbocycles. The Balaban J connectivity index is -0.000000392. The first-order valence-electron chi connectivity index (χ1n) is 6.99. The van der Waals surface area contributed by atoms with Crippen molar-refractivity contribution >= 4 is 5.97 Å². The second kappa shape index (κ2) is 22.6. The third kappa shape index (κ3) is 36.0. The van der Waals surface area contributed by atoms with Crippen molar-refractivity contribution in [1.82, 2.24) is 0 Å². The molecule has 0 aliphatic rings. The van der Waals surface area contributed by atoms with Crippen molar-refractivity contribution in [3.8, 4) is 0 Å². The summed E-state index contributed by atoms with van der Waals surface area (Å²) < 4.78 is 0. The van der Waals surface area contributed by atoms with E-state index in [2.05, 4.69) is 6.92 Å². The summed E-state index contributed by atoms with van der Waals surface area (Å²) in [4.78, 5) is 9.00. The average molecular weight is 267 g/mol.